The van der Waals surface area contributed by atoms with E-state index in [1.807, 2.05) is 0 Å². The summed E-state index contributed by atoms with van der Waals surface area (Å²) in [7, 11) is 0. The molecule has 6 heteroatoms. The average Bonchev–Trinajstić information content (AvgIpc) is 2.93. The molecule has 0 aliphatic carbocycles. The van der Waals surface area contributed by atoms with Crippen LogP contribution < -0.4 is 0 Å². The van der Waals surface area contributed by atoms with Crippen LogP contribution in [0.15, 0.2) is 30.3 Å². The van der Waals surface area contributed by atoms with Gasteiger partial charge in [-0.05, 0) is 56.2 Å². The van der Waals surface area contributed by atoms with Crippen molar-refractivity contribution in [3.05, 3.63) is 76.1 Å². The predicted molar refractivity (Wildman–Crippen MR) is 94.8 cm³/mol. The molecule has 0 aliphatic rings. The molecule has 4 aromatic rings. The largest absolute Gasteiger partial charge is 0.303 e. The van der Waals surface area contributed by atoms with Crippen molar-refractivity contribution in [3.8, 4) is 5.69 Å². The van der Waals surface area contributed by atoms with Gasteiger partial charge in [-0.3, -0.25) is 0 Å². The van der Waals surface area contributed by atoms with E-state index >= 15 is 0 Å². The van der Waals surface area contributed by atoms with Gasteiger partial charge in [0.2, 0.25) is 0 Å². The second-order valence-electron chi connectivity index (χ2n) is 6.69. The maximum Gasteiger partial charge on any atom is 0.148 e. The molecule has 0 spiro atoms. The third-order valence-corrected chi connectivity index (χ3v) is 4.86. The van der Waals surface area contributed by atoms with Gasteiger partial charge >= 0.3 is 0 Å². The summed E-state index contributed by atoms with van der Waals surface area (Å²) in [4.78, 5) is 0. The number of nitrogens with zero attached hydrogens (tertiary/aromatic N) is 1. The van der Waals surface area contributed by atoms with Gasteiger partial charge in [-0.25, -0.2) is 22.0 Å². The van der Waals surface area contributed by atoms with Crippen LogP contribution in [0.25, 0.3) is 27.5 Å². The van der Waals surface area contributed by atoms with E-state index in [0.717, 1.165) is 16.7 Å². The number of fused-ring (bicyclic) bond motifs is 3. The predicted octanol–water partition coefficient (Wildman–Crippen LogP) is 6.40. The van der Waals surface area contributed by atoms with E-state index in [2.05, 4.69) is 0 Å². The summed E-state index contributed by atoms with van der Waals surface area (Å²) in [5, 5.41) is -0.605. The fraction of sp³-hybridized carbons (Fsp3) is 0.143. The Balaban J connectivity index is 2.36. The monoisotopic (exact) mass is 375 g/mol. The SMILES string of the molecule is Cc1ccc(-n2c3cc(F)c(C)c(F)c3c3c(F)c(C)cc(F)c32)c(F)c1. The molecule has 0 radical (unpaired) electrons. The van der Waals surface area contributed by atoms with Crippen molar-refractivity contribution in [2.75, 3.05) is 0 Å². The van der Waals surface area contributed by atoms with E-state index in [1.54, 1.807) is 13.0 Å². The summed E-state index contributed by atoms with van der Waals surface area (Å²) in [5.74, 6) is -4.26. The Hall–Kier alpha value is -2.89. The van der Waals surface area contributed by atoms with Crippen LogP contribution in [0.4, 0.5) is 22.0 Å². The number of rotatable bonds is 1. The first-order valence-electron chi connectivity index (χ1n) is 8.26. The lowest BCUT2D eigenvalue weighted by Crippen LogP contribution is -2.01. The highest BCUT2D eigenvalue weighted by atomic mass is 19.1. The molecule has 0 saturated heterocycles. The molecule has 3 aromatic carbocycles. The molecule has 27 heavy (non-hydrogen) atoms. The molecule has 0 saturated carbocycles. The minimum atomic E-state index is -0.995. The Labute approximate surface area is 151 Å². The second kappa shape index (κ2) is 5.81. The Morgan fingerprint density at radius 1 is 0.704 bits per heavy atom. The minimum Gasteiger partial charge on any atom is -0.303 e. The summed E-state index contributed by atoms with van der Waals surface area (Å²) in [6.07, 6.45) is 0. The number of hydrogen-bond acceptors (Lipinski definition) is 0. The number of aromatic nitrogens is 1. The van der Waals surface area contributed by atoms with Crippen LogP contribution in [0.5, 0.6) is 0 Å². The van der Waals surface area contributed by atoms with Crippen molar-refractivity contribution in [1.29, 1.82) is 0 Å². The summed E-state index contributed by atoms with van der Waals surface area (Å²) in [5.41, 5.74) is -0.313. The van der Waals surface area contributed by atoms with Crippen LogP contribution >= 0.6 is 0 Å². The van der Waals surface area contributed by atoms with Gasteiger partial charge in [-0.2, -0.15) is 0 Å². The van der Waals surface area contributed by atoms with Gasteiger partial charge in [-0.15, -0.1) is 0 Å². The molecule has 1 heterocycles. The van der Waals surface area contributed by atoms with Gasteiger partial charge in [0, 0.05) is 16.3 Å². The fourth-order valence-corrected chi connectivity index (χ4v) is 3.47. The van der Waals surface area contributed by atoms with Gasteiger partial charge in [-0.1, -0.05) is 6.07 Å². The third-order valence-electron chi connectivity index (χ3n) is 4.86. The number of halogens is 5. The quantitative estimate of drug-likeness (QED) is 0.339. The minimum absolute atomic E-state index is 0.0233. The first-order chi connectivity index (χ1) is 12.7. The van der Waals surface area contributed by atoms with Crippen molar-refractivity contribution in [3.63, 3.8) is 0 Å². The van der Waals surface area contributed by atoms with Gasteiger partial charge in [0.15, 0.2) is 0 Å². The standard InChI is InChI=1S/C21H14F5N/c1-9-4-5-15(13(23)6-9)27-16-8-12(22)11(3)20(26)17(16)18-19(25)10(2)7-14(24)21(18)27/h4-8H,1-3H3. The highest BCUT2D eigenvalue weighted by molar-refractivity contribution is 6.10. The maximum absolute atomic E-state index is 14.9. The van der Waals surface area contributed by atoms with E-state index in [0.29, 0.717) is 5.56 Å². The highest BCUT2D eigenvalue weighted by Crippen LogP contribution is 2.39. The van der Waals surface area contributed by atoms with E-state index in [4.69, 9.17) is 0 Å². The van der Waals surface area contributed by atoms with Crippen LogP contribution in [-0.4, -0.2) is 4.57 Å². The topological polar surface area (TPSA) is 4.93 Å². The smallest absolute Gasteiger partial charge is 0.148 e. The van der Waals surface area contributed by atoms with Crippen LogP contribution in [-0.2, 0) is 0 Å². The lowest BCUT2D eigenvalue weighted by atomic mass is 10.1. The summed E-state index contributed by atoms with van der Waals surface area (Å²) in [6, 6.07) is 6.10. The van der Waals surface area contributed by atoms with E-state index in [1.165, 1.54) is 26.0 Å². The summed E-state index contributed by atoms with van der Waals surface area (Å²) >= 11 is 0. The van der Waals surface area contributed by atoms with E-state index in [9.17, 15) is 22.0 Å². The number of hydrogen-bond donors (Lipinski definition) is 0. The second-order valence-corrected chi connectivity index (χ2v) is 6.69. The van der Waals surface area contributed by atoms with Crippen LogP contribution in [0.3, 0.4) is 0 Å². The lowest BCUT2D eigenvalue weighted by Gasteiger charge is -2.11. The number of benzene rings is 3. The van der Waals surface area contributed by atoms with Crippen LogP contribution in [0, 0.1) is 49.9 Å². The van der Waals surface area contributed by atoms with Gasteiger partial charge in [0.05, 0.1) is 16.7 Å². The maximum atomic E-state index is 14.9. The van der Waals surface area contributed by atoms with Gasteiger partial charge in [0.1, 0.15) is 29.1 Å². The van der Waals surface area contributed by atoms with Crippen LogP contribution in [0.2, 0.25) is 0 Å². The lowest BCUT2D eigenvalue weighted by molar-refractivity contribution is 0.576. The Morgan fingerprint density at radius 2 is 1.41 bits per heavy atom. The van der Waals surface area contributed by atoms with Gasteiger partial charge < -0.3 is 4.57 Å². The molecule has 1 aromatic heterocycles. The molecule has 0 unspecified atom stereocenters. The highest BCUT2D eigenvalue weighted by Gasteiger charge is 2.26. The molecule has 0 fully saturated rings. The van der Waals surface area contributed by atoms with E-state index in [-0.39, 0.29) is 38.6 Å². The van der Waals surface area contributed by atoms with Crippen LogP contribution in [0.1, 0.15) is 16.7 Å². The van der Waals surface area contributed by atoms with Crippen molar-refractivity contribution >= 4 is 21.8 Å². The molecule has 0 bridgehead atoms. The molecule has 0 amide bonds. The molecular formula is C21H14F5N. The third kappa shape index (κ3) is 2.36. The molecule has 4 rings (SSSR count). The molecule has 138 valence electrons. The van der Waals surface area contributed by atoms with Crippen molar-refractivity contribution in [2.45, 2.75) is 20.8 Å². The van der Waals surface area contributed by atoms with Gasteiger partial charge in [0.25, 0.3) is 0 Å². The fourth-order valence-electron chi connectivity index (χ4n) is 3.47. The Morgan fingerprint density at radius 3 is 2.07 bits per heavy atom. The zero-order chi connectivity index (χ0) is 19.6. The first-order valence-corrected chi connectivity index (χ1v) is 8.26. The zero-order valence-corrected chi connectivity index (χ0v) is 14.7. The molecule has 0 atom stereocenters. The molecule has 1 nitrogen and oxygen atoms in total. The Kier molecular flexibility index (Phi) is 3.77. The molecular weight excluding hydrogens is 361 g/mol. The first kappa shape index (κ1) is 17.5. The number of aryl methyl sites for hydroxylation is 2. The van der Waals surface area contributed by atoms with E-state index < -0.39 is 29.1 Å². The summed E-state index contributed by atoms with van der Waals surface area (Å²) in [6.45, 7) is 4.23. The van der Waals surface area contributed by atoms with Crippen molar-refractivity contribution < 1.29 is 22.0 Å². The van der Waals surface area contributed by atoms with Crippen molar-refractivity contribution in [1.82, 2.24) is 4.57 Å². The summed E-state index contributed by atoms with van der Waals surface area (Å²) < 4.78 is 74.5. The normalized spacial score (nSPS) is 11.7. The Bertz CT molecular complexity index is 1250. The molecule has 0 aliphatic heterocycles. The molecule has 0 N–H and O–H groups in total. The average molecular weight is 375 g/mol. The zero-order valence-electron chi connectivity index (χ0n) is 14.7. The van der Waals surface area contributed by atoms with Crippen molar-refractivity contribution in [2.24, 2.45) is 0 Å².